The third-order valence-electron chi connectivity index (χ3n) is 2.46. The van der Waals surface area contributed by atoms with Crippen molar-refractivity contribution in [1.29, 1.82) is 0 Å². The van der Waals surface area contributed by atoms with E-state index < -0.39 is 11.7 Å². The molecule has 0 saturated heterocycles. The Balaban J connectivity index is 2.33. The van der Waals surface area contributed by atoms with Crippen LogP contribution in [0.1, 0.15) is 32.0 Å². The zero-order valence-electron chi connectivity index (χ0n) is 13.3. The van der Waals surface area contributed by atoms with Gasteiger partial charge in [0.05, 0.1) is 6.61 Å². The Labute approximate surface area is 125 Å². The lowest BCUT2D eigenvalue weighted by molar-refractivity contribution is 0.0530. The molecule has 21 heavy (non-hydrogen) atoms. The van der Waals surface area contributed by atoms with Crippen LogP contribution < -0.4 is 10.6 Å². The van der Waals surface area contributed by atoms with Crippen LogP contribution in [0.2, 0.25) is 0 Å². The molecule has 0 radical (unpaired) electrons. The lowest BCUT2D eigenvalue weighted by Gasteiger charge is -2.19. The number of aryl methyl sites for hydroxylation is 1. The summed E-state index contributed by atoms with van der Waals surface area (Å²) in [5, 5.41) is 5.70. The maximum Gasteiger partial charge on any atom is 0.407 e. The fourth-order valence-electron chi connectivity index (χ4n) is 1.53. The molecule has 1 rings (SSSR count). The Morgan fingerprint density at radius 1 is 1.33 bits per heavy atom. The van der Waals surface area contributed by atoms with E-state index in [4.69, 9.17) is 9.47 Å². The van der Waals surface area contributed by atoms with E-state index in [1.54, 1.807) is 13.3 Å². The molecule has 0 spiro atoms. The SMILES string of the molecule is COCc1cnc(NCCNC(=O)OC(C)(C)C)nc1C. The highest BCUT2D eigenvalue weighted by molar-refractivity contribution is 5.67. The maximum absolute atomic E-state index is 11.4. The Hall–Kier alpha value is -1.89. The van der Waals surface area contributed by atoms with Crippen molar-refractivity contribution in [2.24, 2.45) is 0 Å². The molecule has 0 aliphatic heterocycles. The molecule has 7 heteroatoms. The summed E-state index contributed by atoms with van der Waals surface area (Å²) >= 11 is 0. The Morgan fingerprint density at radius 2 is 2.05 bits per heavy atom. The summed E-state index contributed by atoms with van der Waals surface area (Å²) in [4.78, 5) is 19.9. The van der Waals surface area contributed by atoms with Crippen molar-refractivity contribution >= 4 is 12.0 Å². The van der Waals surface area contributed by atoms with Crippen molar-refractivity contribution in [1.82, 2.24) is 15.3 Å². The van der Waals surface area contributed by atoms with Crippen molar-refractivity contribution < 1.29 is 14.3 Å². The number of ether oxygens (including phenoxy) is 2. The number of carbonyl (C=O) groups is 1. The first-order valence-corrected chi connectivity index (χ1v) is 6.84. The van der Waals surface area contributed by atoms with Gasteiger partial charge in [-0.2, -0.15) is 0 Å². The molecule has 1 aromatic heterocycles. The molecule has 0 aromatic carbocycles. The summed E-state index contributed by atoms with van der Waals surface area (Å²) in [6.07, 6.45) is 1.30. The molecule has 0 aliphatic rings. The molecule has 1 aromatic rings. The van der Waals surface area contributed by atoms with Crippen molar-refractivity contribution in [3.8, 4) is 0 Å². The predicted octanol–water partition coefficient (Wildman–Crippen LogP) is 1.87. The van der Waals surface area contributed by atoms with Crippen LogP contribution in [0.3, 0.4) is 0 Å². The fourth-order valence-corrected chi connectivity index (χ4v) is 1.53. The molecule has 0 fully saturated rings. The molecule has 0 atom stereocenters. The molecule has 2 N–H and O–H groups in total. The molecular formula is C14H24N4O3. The minimum atomic E-state index is -0.491. The first-order chi connectivity index (χ1) is 9.81. The zero-order valence-corrected chi connectivity index (χ0v) is 13.3. The normalized spacial score (nSPS) is 11.1. The molecule has 118 valence electrons. The number of amides is 1. The third kappa shape index (κ3) is 6.89. The number of rotatable bonds is 6. The summed E-state index contributed by atoms with van der Waals surface area (Å²) in [5.74, 6) is 0.526. The van der Waals surface area contributed by atoms with Crippen LogP contribution in [-0.4, -0.2) is 41.9 Å². The second-order valence-electron chi connectivity index (χ2n) is 5.59. The van der Waals surface area contributed by atoms with Gasteiger partial charge in [-0.15, -0.1) is 0 Å². The van der Waals surface area contributed by atoms with Crippen molar-refractivity contribution in [3.63, 3.8) is 0 Å². The number of aromatic nitrogens is 2. The van der Waals surface area contributed by atoms with Gasteiger partial charge < -0.3 is 20.1 Å². The van der Waals surface area contributed by atoms with E-state index in [1.165, 1.54) is 0 Å². The first kappa shape index (κ1) is 17.2. The number of methoxy groups -OCH3 is 1. The van der Waals surface area contributed by atoms with E-state index in [1.807, 2.05) is 27.7 Å². The quantitative estimate of drug-likeness (QED) is 0.779. The van der Waals surface area contributed by atoms with Gasteiger partial charge in [0.1, 0.15) is 5.60 Å². The third-order valence-corrected chi connectivity index (χ3v) is 2.46. The minimum Gasteiger partial charge on any atom is -0.444 e. The van der Waals surface area contributed by atoms with Gasteiger partial charge in [0, 0.05) is 37.7 Å². The molecule has 1 amide bonds. The first-order valence-electron chi connectivity index (χ1n) is 6.84. The predicted molar refractivity (Wildman–Crippen MR) is 80.2 cm³/mol. The number of hydrogen-bond donors (Lipinski definition) is 2. The minimum absolute atomic E-state index is 0.428. The van der Waals surface area contributed by atoms with Crippen molar-refractivity contribution in [3.05, 3.63) is 17.5 Å². The summed E-state index contributed by atoms with van der Waals surface area (Å²) in [6, 6.07) is 0. The number of carbonyl (C=O) groups excluding carboxylic acids is 1. The van der Waals surface area contributed by atoms with Crippen LogP contribution >= 0.6 is 0 Å². The molecule has 0 unspecified atom stereocenters. The van der Waals surface area contributed by atoms with E-state index >= 15 is 0 Å². The number of alkyl carbamates (subject to hydrolysis) is 1. The highest BCUT2D eigenvalue weighted by Gasteiger charge is 2.15. The van der Waals surface area contributed by atoms with Crippen LogP contribution in [0, 0.1) is 6.92 Å². The van der Waals surface area contributed by atoms with Gasteiger partial charge in [-0.3, -0.25) is 0 Å². The van der Waals surface area contributed by atoms with E-state index in [-0.39, 0.29) is 0 Å². The Kier molecular flexibility index (Phi) is 6.36. The van der Waals surface area contributed by atoms with Crippen LogP contribution in [0.4, 0.5) is 10.7 Å². The van der Waals surface area contributed by atoms with Gasteiger partial charge in [0.25, 0.3) is 0 Å². The van der Waals surface area contributed by atoms with Crippen LogP contribution in [0.25, 0.3) is 0 Å². The maximum atomic E-state index is 11.4. The average Bonchev–Trinajstić information content (AvgIpc) is 2.36. The van der Waals surface area contributed by atoms with Crippen LogP contribution in [0.5, 0.6) is 0 Å². The highest BCUT2D eigenvalue weighted by Crippen LogP contribution is 2.08. The lowest BCUT2D eigenvalue weighted by atomic mass is 10.2. The van der Waals surface area contributed by atoms with Crippen molar-refractivity contribution in [2.75, 3.05) is 25.5 Å². The van der Waals surface area contributed by atoms with Gasteiger partial charge in [0.2, 0.25) is 5.95 Å². The van der Waals surface area contributed by atoms with E-state index in [2.05, 4.69) is 20.6 Å². The summed E-state index contributed by atoms with van der Waals surface area (Å²) in [7, 11) is 1.63. The summed E-state index contributed by atoms with van der Waals surface area (Å²) in [5.41, 5.74) is 1.33. The second kappa shape index (κ2) is 7.78. The summed E-state index contributed by atoms with van der Waals surface area (Å²) in [6.45, 7) is 8.81. The van der Waals surface area contributed by atoms with E-state index in [0.717, 1.165) is 11.3 Å². The van der Waals surface area contributed by atoms with Gasteiger partial charge in [-0.1, -0.05) is 0 Å². The molecule has 0 bridgehead atoms. The molecule has 1 heterocycles. The Bertz CT molecular complexity index is 472. The smallest absolute Gasteiger partial charge is 0.407 e. The lowest BCUT2D eigenvalue weighted by Crippen LogP contribution is -2.35. The monoisotopic (exact) mass is 296 g/mol. The van der Waals surface area contributed by atoms with Gasteiger partial charge >= 0.3 is 6.09 Å². The molecule has 0 saturated carbocycles. The zero-order chi connectivity index (χ0) is 15.9. The van der Waals surface area contributed by atoms with Crippen molar-refractivity contribution in [2.45, 2.75) is 39.9 Å². The van der Waals surface area contributed by atoms with Crippen LogP contribution in [0.15, 0.2) is 6.20 Å². The fraction of sp³-hybridized carbons (Fsp3) is 0.643. The van der Waals surface area contributed by atoms with Gasteiger partial charge in [0.15, 0.2) is 0 Å². The van der Waals surface area contributed by atoms with Gasteiger partial charge in [-0.05, 0) is 27.7 Å². The number of anilines is 1. The number of nitrogens with one attached hydrogen (secondary N) is 2. The molecular weight excluding hydrogens is 272 g/mol. The number of hydrogen-bond acceptors (Lipinski definition) is 6. The average molecular weight is 296 g/mol. The molecule has 7 nitrogen and oxygen atoms in total. The van der Waals surface area contributed by atoms with Crippen LogP contribution in [-0.2, 0) is 16.1 Å². The Morgan fingerprint density at radius 3 is 2.62 bits per heavy atom. The van der Waals surface area contributed by atoms with E-state index in [9.17, 15) is 4.79 Å². The van der Waals surface area contributed by atoms with Gasteiger partial charge in [-0.25, -0.2) is 14.8 Å². The number of nitrogens with zero attached hydrogens (tertiary/aromatic N) is 2. The topological polar surface area (TPSA) is 85.4 Å². The highest BCUT2D eigenvalue weighted by atomic mass is 16.6. The second-order valence-corrected chi connectivity index (χ2v) is 5.59. The summed E-state index contributed by atoms with van der Waals surface area (Å²) < 4.78 is 10.2. The standard InChI is InChI=1S/C14H24N4O3/c1-10-11(9-20-5)8-17-12(18-10)15-6-7-16-13(19)21-14(2,3)4/h8H,6-7,9H2,1-5H3,(H,16,19)(H,15,17,18). The molecule has 0 aliphatic carbocycles. The van der Waals surface area contributed by atoms with E-state index in [0.29, 0.717) is 25.6 Å². The largest absolute Gasteiger partial charge is 0.444 e.